The van der Waals surface area contributed by atoms with E-state index in [2.05, 4.69) is 10.9 Å². The molecule has 0 saturated heterocycles. The molecule has 2 amide bonds. The highest BCUT2D eigenvalue weighted by molar-refractivity contribution is 7.73. The van der Waals surface area contributed by atoms with Crippen molar-refractivity contribution >= 4 is 35.4 Å². The van der Waals surface area contributed by atoms with Crippen LogP contribution in [0.5, 0.6) is 0 Å². The molecule has 5 nitrogen and oxygen atoms in total. The first-order valence-corrected chi connectivity index (χ1v) is 12.5. The second kappa shape index (κ2) is 8.17. The lowest BCUT2D eigenvalue weighted by atomic mass is 9.49. The third kappa shape index (κ3) is 4.35. The quantitative estimate of drug-likeness (QED) is 0.492. The fraction of sp³-hybridized carbons (Fsp3) is 0.542. The first kappa shape index (κ1) is 20.9. The number of hydrogen-bond donors (Lipinski definition) is 2. The topological polar surface area (TPSA) is 63.1 Å². The third-order valence-electron chi connectivity index (χ3n) is 7.47. The molecule has 0 spiro atoms. The molecule has 0 aliphatic heterocycles. The van der Waals surface area contributed by atoms with Gasteiger partial charge >= 0.3 is 0 Å². The number of hydrogen-bond acceptors (Lipinski definition) is 4. The van der Waals surface area contributed by atoms with Crippen LogP contribution in [0.15, 0.2) is 29.6 Å². The van der Waals surface area contributed by atoms with Crippen LogP contribution in [0, 0.1) is 34.0 Å². The summed E-state index contributed by atoms with van der Waals surface area (Å²) < 4.78 is 2.47. The minimum absolute atomic E-state index is 0.0667. The summed E-state index contributed by atoms with van der Waals surface area (Å²) in [5.41, 5.74) is 8.59. The van der Waals surface area contributed by atoms with Gasteiger partial charge in [0.25, 0.3) is 5.91 Å². The highest BCUT2D eigenvalue weighted by Gasteiger charge is 2.51. The Morgan fingerprint density at radius 3 is 2.23 bits per heavy atom. The number of nitrogens with one attached hydrogen (secondary N) is 2. The number of thiazole rings is 1. The average molecular weight is 456 g/mol. The molecule has 4 aliphatic rings. The standard InChI is InChI=1S/C24H29N3O2S2/c1-15-2-4-19(5-3-15)20-14-31-23(30)27(20)13-22(29)26-25-21(28)12-24-9-16-6-17(10-24)8-18(7-16)11-24/h2-5,14,16-18H,6-13H2,1H3,(H,25,28)(H,26,29). The Labute approximate surface area is 192 Å². The maximum Gasteiger partial charge on any atom is 0.258 e. The number of aryl methyl sites for hydroxylation is 1. The lowest BCUT2D eigenvalue weighted by molar-refractivity contribution is -0.134. The van der Waals surface area contributed by atoms with Crippen molar-refractivity contribution < 1.29 is 9.59 Å². The van der Waals surface area contributed by atoms with Crippen molar-refractivity contribution in [3.8, 4) is 11.3 Å². The predicted molar refractivity (Wildman–Crippen MR) is 125 cm³/mol. The largest absolute Gasteiger partial charge is 0.313 e. The molecule has 31 heavy (non-hydrogen) atoms. The van der Waals surface area contributed by atoms with Gasteiger partial charge in [-0.2, -0.15) is 0 Å². The van der Waals surface area contributed by atoms with Crippen LogP contribution in [-0.4, -0.2) is 16.4 Å². The average Bonchev–Trinajstić information content (AvgIpc) is 3.06. The van der Waals surface area contributed by atoms with Gasteiger partial charge in [0.1, 0.15) is 6.54 Å². The van der Waals surface area contributed by atoms with E-state index >= 15 is 0 Å². The summed E-state index contributed by atoms with van der Waals surface area (Å²) in [6.45, 7) is 2.13. The first-order chi connectivity index (χ1) is 14.9. The number of nitrogens with zero attached hydrogens (tertiary/aromatic N) is 1. The molecule has 7 heteroatoms. The van der Waals surface area contributed by atoms with Crippen molar-refractivity contribution in [3.05, 3.63) is 39.2 Å². The Morgan fingerprint density at radius 1 is 1.03 bits per heavy atom. The molecule has 1 aromatic heterocycles. The van der Waals surface area contributed by atoms with Crippen LogP contribution in [0.3, 0.4) is 0 Å². The third-order valence-corrected chi connectivity index (χ3v) is 8.75. The maximum absolute atomic E-state index is 12.7. The van der Waals surface area contributed by atoms with E-state index in [9.17, 15) is 9.59 Å². The molecule has 4 aliphatic carbocycles. The molecule has 2 N–H and O–H groups in total. The summed E-state index contributed by atoms with van der Waals surface area (Å²) in [6.07, 6.45) is 8.18. The van der Waals surface area contributed by atoms with E-state index in [-0.39, 0.29) is 23.8 Å². The molecule has 2 aromatic rings. The van der Waals surface area contributed by atoms with E-state index in [0.29, 0.717) is 10.4 Å². The normalized spacial score (nSPS) is 28.5. The minimum atomic E-state index is -0.262. The van der Waals surface area contributed by atoms with Gasteiger partial charge in [-0.25, -0.2) is 0 Å². The van der Waals surface area contributed by atoms with Crippen molar-refractivity contribution in [1.82, 2.24) is 15.4 Å². The number of benzene rings is 1. The van der Waals surface area contributed by atoms with Crippen molar-refractivity contribution in [3.63, 3.8) is 0 Å². The fourth-order valence-electron chi connectivity index (χ4n) is 6.64. The highest BCUT2D eigenvalue weighted by Crippen LogP contribution is 2.61. The van der Waals surface area contributed by atoms with Crippen molar-refractivity contribution in [1.29, 1.82) is 0 Å². The van der Waals surface area contributed by atoms with Crippen molar-refractivity contribution in [2.45, 2.75) is 58.4 Å². The second-order valence-electron chi connectivity index (χ2n) is 10.0. The van der Waals surface area contributed by atoms with E-state index in [1.807, 2.05) is 41.1 Å². The molecule has 0 radical (unpaired) electrons. The van der Waals surface area contributed by atoms with E-state index in [1.165, 1.54) is 55.4 Å². The Hall–Kier alpha value is -1.99. The van der Waals surface area contributed by atoms with Gasteiger partial charge in [0.2, 0.25) is 5.91 Å². The number of carbonyl (C=O) groups is 2. The Morgan fingerprint density at radius 2 is 1.61 bits per heavy atom. The maximum atomic E-state index is 12.7. The highest BCUT2D eigenvalue weighted by atomic mass is 32.1. The second-order valence-corrected chi connectivity index (χ2v) is 11.5. The number of hydrazine groups is 1. The Bertz CT molecular complexity index is 1020. The van der Waals surface area contributed by atoms with Crippen LogP contribution in [0.2, 0.25) is 0 Å². The van der Waals surface area contributed by atoms with Gasteiger partial charge in [-0.05, 0) is 86.4 Å². The van der Waals surface area contributed by atoms with E-state index in [4.69, 9.17) is 12.2 Å². The van der Waals surface area contributed by atoms with Gasteiger partial charge < -0.3 is 4.57 Å². The molecule has 1 aromatic carbocycles. The number of aromatic nitrogens is 1. The fourth-order valence-corrected chi connectivity index (χ4v) is 7.72. The van der Waals surface area contributed by atoms with Crippen molar-refractivity contribution in [2.24, 2.45) is 23.2 Å². The van der Waals surface area contributed by atoms with E-state index in [0.717, 1.165) is 29.0 Å². The monoisotopic (exact) mass is 455 g/mol. The molecule has 4 bridgehead atoms. The summed E-state index contributed by atoms with van der Waals surface area (Å²) in [5, 5.41) is 1.98. The van der Waals surface area contributed by atoms with Gasteiger partial charge in [-0.3, -0.25) is 20.4 Å². The molecule has 0 unspecified atom stereocenters. The summed E-state index contributed by atoms with van der Waals surface area (Å²) in [4.78, 5) is 25.3. The SMILES string of the molecule is Cc1ccc(-c2csc(=S)n2CC(=O)NNC(=O)CC23CC4CC(CC(C4)C2)C3)cc1. The lowest BCUT2D eigenvalue weighted by Gasteiger charge is -2.56. The first-order valence-electron chi connectivity index (χ1n) is 11.2. The number of rotatable bonds is 5. The molecule has 1 heterocycles. The van der Waals surface area contributed by atoms with Gasteiger partial charge in [0, 0.05) is 11.8 Å². The van der Waals surface area contributed by atoms with Crippen LogP contribution in [0.25, 0.3) is 11.3 Å². The van der Waals surface area contributed by atoms with Crippen molar-refractivity contribution in [2.75, 3.05) is 0 Å². The Kier molecular flexibility index (Phi) is 5.51. The smallest absolute Gasteiger partial charge is 0.258 e. The molecule has 4 fully saturated rings. The van der Waals surface area contributed by atoms with E-state index < -0.39 is 0 Å². The molecule has 0 atom stereocenters. The molecular formula is C24H29N3O2S2. The van der Waals surface area contributed by atoms with Gasteiger partial charge in [0.15, 0.2) is 3.95 Å². The van der Waals surface area contributed by atoms with Gasteiger partial charge in [0.05, 0.1) is 5.69 Å². The number of carbonyl (C=O) groups excluding carboxylic acids is 2. The summed E-state index contributed by atoms with van der Waals surface area (Å²) in [6, 6.07) is 8.16. The minimum Gasteiger partial charge on any atom is -0.313 e. The predicted octanol–water partition coefficient (Wildman–Crippen LogP) is 5.01. The molecular weight excluding hydrogens is 426 g/mol. The zero-order chi connectivity index (χ0) is 21.6. The van der Waals surface area contributed by atoms with E-state index in [1.54, 1.807) is 0 Å². The molecule has 4 saturated carbocycles. The zero-order valence-electron chi connectivity index (χ0n) is 17.9. The summed E-state index contributed by atoms with van der Waals surface area (Å²) in [7, 11) is 0. The summed E-state index contributed by atoms with van der Waals surface area (Å²) >= 11 is 6.88. The van der Waals surface area contributed by atoms with Crippen LogP contribution in [0.4, 0.5) is 0 Å². The van der Waals surface area contributed by atoms with Gasteiger partial charge in [-0.15, -0.1) is 11.3 Å². The Balaban J connectivity index is 1.18. The van der Waals surface area contributed by atoms with Crippen LogP contribution < -0.4 is 10.9 Å². The zero-order valence-corrected chi connectivity index (χ0v) is 19.5. The number of amides is 2. The van der Waals surface area contributed by atoms with Crippen LogP contribution >= 0.6 is 23.6 Å². The summed E-state index contributed by atoms with van der Waals surface area (Å²) in [5.74, 6) is 2.11. The molecule has 164 valence electrons. The van der Waals surface area contributed by atoms with Gasteiger partial charge in [-0.1, -0.05) is 29.8 Å². The molecule has 6 rings (SSSR count). The van der Waals surface area contributed by atoms with Crippen LogP contribution in [0.1, 0.15) is 50.5 Å². The van der Waals surface area contributed by atoms with Crippen LogP contribution in [-0.2, 0) is 16.1 Å². The lowest BCUT2D eigenvalue weighted by Crippen LogP contribution is -2.50.